The van der Waals surface area contributed by atoms with Gasteiger partial charge < -0.3 is 5.11 Å². The molecule has 0 amide bonds. The Balaban J connectivity index is 2.30. The van der Waals surface area contributed by atoms with E-state index in [0.29, 0.717) is 5.92 Å². The average molecular weight is 273 g/mol. The molecule has 3 N–H and O–H groups in total. The molecule has 0 aromatic carbocycles. The lowest BCUT2D eigenvalue weighted by Gasteiger charge is -2.25. The van der Waals surface area contributed by atoms with Gasteiger partial charge in [0.15, 0.2) is 5.03 Å². The predicted molar refractivity (Wildman–Crippen MR) is 62.7 cm³/mol. The SMILES string of the molecule is CC(C)(NS(=O)(=O)c1[nH]ncc1C(=O)O)C1CC1. The average Bonchev–Trinajstić information content (AvgIpc) is 2.94. The van der Waals surface area contributed by atoms with Crippen molar-refractivity contribution in [1.29, 1.82) is 0 Å². The zero-order valence-electron chi connectivity index (χ0n) is 10.1. The van der Waals surface area contributed by atoms with E-state index in [-0.39, 0.29) is 5.56 Å². The summed E-state index contributed by atoms with van der Waals surface area (Å²) >= 11 is 0. The van der Waals surface area contributed by atoms with Crippen LogP contribution in [0.15, 0.2) is 11.2 Å². The molecule has 0 unspecified atom stereocenters. The Morgan fingerprint density at radius 1 is 1.56 bits per heavy atom. The fraction of sp³-hybridized carbons (Fsp3) is 0.600. The van der Waals surface area contributed by atoms with Crippen molar-refractivity contribution in [2.45, 2.75) is 37.3 Å². The summed E-state index contributed by atoms with van der Waals surface area (Å²) in [7, 11) is -3.90. The first-order valence-corrected chi connectivity index (χ1v) is 7.03. The molecule has 1 aromatic rings. The molecular weight excluding hydrogens is 258 g/mol. The molecule has 18 heavy (non-hydrogen) atoms. The van der Waals surface area contributed by atoms with Gasteiger partial charge in [0, 0.05) is 5.54 Å². The Morgan fingerprint density at radius 2 is 2.17 bits per heavy atom. The number of H-pyrrole nitrogens is 1. The number of nitrogens with one attached hydrogen (secondary N) is 2. The number of aromatic nitrogens is 2. The maximum Gasteiger partial charge on any atom is 0.340 e. The standard InChI is InChI=1S/C10H15N3O4S/c1-10(2,6-3-4-6)13-18(16,17)8-7(9(14)15)5-11-12-8/h5-6,13H,3-4H2,1-2H3,(H,11,12)(H,14,15). The van der Waals surface area contributed by atoms with E-state index in [1.54, 1.807) is 13.8 Å². The maximum atomic E-state index is 12.1. The van der Waals surface area contributed by atoms with Crippen LogP contribution in [0, 0.1) is 5.92 Å². The van der Waals surface area contributed by atoms with Crippen molar-refractivity contribution in [3.63, 3.8) is 0 Å². The van der Waals surface area contributed by atoms with E-state index in [4.69, 9.17) is 5.11 Å². The molecule has 7 nitrogen and oxygen atoms in total. The zero-order chi connectivity index (χ0) is 13.6. The van der Waals surface area contributed by atoms with E-state index in [9.17, 15) is 13.2 Å². The molecule has 0 atom stereocenters. The minimum Gasteiger partial charge on any atom is -0.478 e. The third-order valence-corrected chi connectivity index (χ3v) is 4.74. The number of sulfonamides is 1. The van der Waals surface area contributed by atoms with Crippen molar-refractivity contribution in [2.75, 3.05) is 0 Å². The Hall–Kier alpha value is -1.41. The van der Waals surface area contributed by atoms with Gasteiger partial charge in [-0.3, -0.25) is 5.10 Å². The van der Waals surface area contributed by atoms with Gasteiger partial charge >= 0.3 is 5.97 Å². The zero-order valence-corrected chi connectivity index (χ0v) is 10.9. The van der Waals surface area contributed by atoms with E-state index in [2.05, 4.69) is 14.9 Å². The van der Waals surface area contributed by atoms with Crippen molar-refractivity contribution in [3.8, 4) is 0 Å². The van der Waals surface area contributed by atoms with Crippen LogP contribution in [0.3, 0.4) is 0 Å². The first-order valence-electron chi connectivity index (χ1n) is 5.54. The monoisotopic (exact) mass is 273 g/mol. The van der Waals surface area contributed by atoms with Crippen LogP contribution >= 0.6 is 0 Å². The number of carboxylic acid groups (broad SMARTS) is 1. The van der Waals surface area contributed by atoms with Crippen LogP contribution in [0.2, 0.25) is 0 Å². The summed E-state index contributed by atoms with van der Waals surface area (Å²) in [4.78, 5) is 10.9. The first kappa shape index (κ1) is 13.0. The fourth-order valence-electron chi connectivity index (χ4n) is 1.92. The largest absolute Gasteiger partial charge is 0.478 e. The van der Waals surface area contributed by atoms with Crippen LogP contribution in [0.4, 0.5) is 0 Å². The highest BCUT2D eigenvalue weighted by Gasteiger charge is 2.41. The number of rotatable bonds is 5. The van der Waals surface area contributed by atoms with Gasteiger partial charge in [-0.15, -0.1) is 0 Å². The molecule has 0 aliphatic heterocycles. The highest BCUT2D eigenvalue weighted by molar-refractivity contribution is 7.89. The molecule has 0 saturated heterocycles. The Labute approximate surface area is 105 Å². The maximum absolute atomic E-state index is 12.1. The smallest absolute Gasteiger partial charge is 0.340 e. The highest BCUT2D eigenvalue weighted by atomic mass is 32.2. The second-order valence-electron chi connectivity index (χ2n) is 5.02. The summed E-state index contributed by atoms with van der Waals surface area (Å²) in [5.74, 6) is -1.03. The molecule has 0 spiro atoms. The quantitative estimate of drug-likeness (QED) is 0.726. The van der Waals surface area contributed by atoms with E-state index >= 15 is 0 Å². The summed E-state index contributed by atoms with van der Waals surface area (Å²) in [6.45, 7) is 3.58. The molecule has 1 aromatic heterocycles. The number of hydrogen-bond acceptors (Lipinski definition) is 4. The lowest BCUT2D eigenvalue weighted by atomic mass is 10.0. The summed E-state index contributed by atoms with van der Waals surface area (Å²) in [6, 6.07) is 0. The molecule has 1 fully saturated rings. The number of carboxylic acids is 1. The van der Waals surface area contributed by atoms with Gasteiger partial charge in [-0.2, -0.15) is 5.10 Å². The van der Waals surface area contributed by atoms with Crippen LogP contribution in [0.5, 0.6) is 0 Å². The normalized spacial score (nSPS) is 16.8. The lowest BCUT2D eigenvalue weighted by Crippen LogP contribution is -2.45. The van der Waals surface area contributed by atoms with Gasteiger partial charge in [0.1, 0.15) is 5.56 Å². The van der Waals surface area contributed by atoms with Crippen LogP contribution in [-0.4, -0.2) is 35.2 Å². The Kier molecular flexibility index (Phi) is 2.94. The van der Waals surface area contributed by atoms with E-state index in [1.807, 2.05) is 0 Å². The summed E-state index contributed by atoms with van der Waals surface area (Å²) in [5, 5.41) is 14.2. The number of aromatic carboxylic acids is 1. The van der Waals surface area contributed by atoms with Crippen molar-refractivity contribution in [1.82, 2.24) is 14.9 Å². The van der Waals surface area contributed by atoms with Gasteiger partial charge in [-0.05, 0) is 32.6 Å². The van der Waals surface area contributed by atoms with Gasteiger partial charge in [-0.1, -0.05) is 0 Å². The van der Waals surface area contributed by atoms with Gasteiger partial charge in [-0.25, -0.2) is 17.9 Å². The van der Waals surface area contributed by atoms with Crippen LogP contribution in [0.25, 0.3) is 0 Å². The first-order chi connectivity index (χ1) is 8.24. The van der Waals surface area contributed by atoms with Crippen molar-refractivity contribution < 1.29 is 18.3 Å². The number of carbonyl (C=O) groups is 1. The fourth-order valence-corrected chi connectivity index (χ4v) is 3.48. The molecule has 0 bridgehead atoms. The van der Waals surface area contributed by atoms with Crippen molar-refractivity contribution >= 4 is 16.0 Å². The number of aromatic amines is 1. The Morgan fingerprint density at radius 3 is 2.67 bits per heavy atom. The van der Waals surface area contributed by atoms with Crippen LogP contribution < -0.4 is 4.72 Å². The molecule has 1 aliphatic rings. The summed E-state index contributed by atoms with van der Waals surface area (Å²) in [6.07, 6.45) is 2.94. The number of nitrogens with zero attached hydrogens (tertiary/aromatic N) is 1. The van der Waals surface area contributed by atoms with Gasteiger partial charge in [0.2, 0.25) is 0 Å². The Bertz CT molecular complexity index is 572. The molecule has 1 heterocycles. The van der Waals surface area contributed by atoms with Gasteiger partial charge in [0.05, 0.1) is 6.20 Å². The molecule has 0 radical (unpaired) electrons. The molecular formula is C10H15N3O4S. The van der Waals surface area contributed by atoms with Crippen LogP contribution in [0.1, 0.15) is 37.0 Å². The second-order valence-corrected chi connectivity index (χ2v) is 6.64. The van der Waals surface area contributed by atoms with Crippen LogP contribution in [-0.2, 0) is 10.0 Å². The second kappa shape index (κ2) is 4.06. The minimum absolute atomic E-state index is 0.295. The molecule has 1 saturated carbocycles. The van der Waals surface area contributed by atoms with Gasteiger partial charge in [0.25, 0.3) is 10.0 Å². The molecule has 100 valence electrons. The molecule has 1 aliphatic carbocycles. The highest BCUT2D eigenvalue weighted by Crippen LogP contribution is 2.39. The van der Waals surface area contributed by atoms with E-state index in [1.165, 1.54) is 0 Å². The third-order valence-electron chi connectivity index (χ3n) is 3.10. The topological polar surface area (TPSA) is 112 Å². The summed E-state index contributed by atoms with van der Waals surface area (Å²) < 4.78 is 26.8. The van der Waals surface area contributed by atoms with E-state index < -0.39 is 26.6 Å². The molecule has 8 heteroatoms. The minimum atomic E-state index is -3.90. The summed E-state index contributed by atoms with van der Waals surface area (Å²) in [5.41, 5.74) is -0.936. The number of hydrogen-bond donors (Lipinski definition) is 3. The van der Waals surface area contributed by atoms with Crippen molar-refractivity contribution in [3.05, 3.63) is 11.8 Å². The third kappa shape index (κ3) is 2.39. The van der Waals surface area contributed by atoms with E-state index in [0.717, 1.165) is 19.0 Å². The lowest BCUT2D eigenvalue weighted by molar-refractivity contribution is 0.0692. The predicted octanol–water partition coefficient (Wildman–Crippen LogP) is 0.575. The molecule has 2 rings (SSSR count). The van der Waals surface area contributed by atoms with Crippen molar-refractivity contribution in [2.24, 2.45) is 5.92 Å².